The Hall–Kier alpha value is -1.71. The molecule has 0 aliphatic rings. The van der Waals surface area contributed by atoms with E-state index in [2.05, 4.69) is 5.32 Å². The summed E-state index contributed by atoms with van der Waals surface area (Å²) >= 11 is 0. The highest BCUT2D eigenvalue weighted by atomic mass is 16.5. The van der Waals surface area contributed by atoms with Gasteiger partial charge in [-0.1, -0.05) is 6.07 Å². The summed E-state index contributed by atoms with van der Waals surface area (Å²) in [5.41, 5.74) is 3.91. The van der Waals surface area contributed by atoms with E-state index in [4.69, 9.17) is 9.84 Å². The number of hydrogen-bond acceptors (Lipinski definition) is 3. The number of nitrogens with one attached hydrogen (secondary N) is 1. The highest BCUT2D eigenvalue weighted by Gasteiger charge is 2.12. The highest BCUT2D eigenvalue weighted by Crippen LogP contribution is 2.33. The molecule has 0 saturated heterocycles. The van der Waals surface area contributed by atoms with Crippen LogP contribution in [0.2, 0.25) is 0 Å². The third kappa shape index (κ3) is 2.45. The van der Waals surface area contributed by atoms with Crippen LogP contribution in [0.1, 0.15) is 16.7 Å². The lowest BCUT2D eigenvalue weighted by Crippen LogP contribution is -2.14. The van der Waals surface area contributed by atoms with Crippen molar-refractivity contribution < 1.29 is 14.6 Å². The van der Waals surface area contributed by atoms with Gasteiger partial charge in [-0.2, -0.15) is 0 Å². The van der Waals surface area contributed by atoms with Crippen LogP contribution in [0.3, 0.4) is 0 Å². The number of carboxylic acids is 1. The van der Waals surface area contributed by atoms with Crippen LogP contribution in [0.15, 0.2) is 6.07 Å². The summed E-state index contributed by atoms with van der Waals surface area (Å²) in [7, 11) is 1.59. The first kappa shape index (κ1) is 12.4. The van der Waals surface area contributed by atoms with Gasteiger partial charge in [-0.05, 0) is 37.5 Å². The van der Waals surface area contributed by atoms with Gasteiger partial charge in [0.2, 0.25) is 0 Å². The highest BCUT2D eigenvalue weighted by molar-refractivity contribution is 5.76. The fourth-order valence-electron chi connectivity index (χ4n) is 1.69. The number of methoxy groups -OCH3 is 1. The third-order valence-corrected chi connectivity index (χ3v) is 2.61. The van der Waals surface area contributed by atoms with Gasteiger partial charge in [0.15, 0.2) is 0 Å². The minimum atomic E-state index is -0.889. The first-order valence-electron chi connectivity index (χ1n) is 5.07. The molecule has 4 heteroatoms. The summed E-state index contributed by atoms with van der Waals surface area (Å²) < 4.78 is 5.31. The Bertz CT molecular complexity index is 413. The third-order valence-electron chi connectivity index (χ3n) is 2.61. The quantitative estimate of drug-likeness (QED) is 0.820. The van der Waals surface area contributed by atoms with Crippen molar-refractivity contribution in [3.05, 3.63) is 22.8 Å². The summed E-state index contributed by atoms with van der Waals surface area (Å²) in [6.07, 6.45) is 0. The van der Waals surface area contributed by atoms with Crippen molar-refractivity contribution in [3.8, 4) is 5.75 Å². The zero-order valence-electron chi connectivity index (χ0n) is 10.0. The predicted molar refractivity (Wildman–Crippen MR) is 63.3 cm³/mol. The SMILES string of the molecule is COc1c(C)c(C)cc(C)c1NCC(=O)O. The lowest BCUT2D eigenvalue weighted by atomic mass is 10.0. The van der Waals surface area contributed by atoms with Gasteiger partial charge in [0.05, 0.1) is 12.8 Å². The molecule has 0 radical (unpaired) electrons. The Labute approximate surface area is 95.2 Å². The molecule has 0 fully saturated rings. The van der Waals surface area contributed by atoms with Crippen LogP contribution in [0.25, 0.3) is 0 Å². The first-order chi connectivity index (χ1) is 7.47. The molecule has 0 amide bonds. The van der Waals surface area contributed by atoms with E-state index < -0.39 is 5.97 Å². The van der Waals surface area contributed by atoms with Gasteiger partial charge in [0.1, 0.15) is 12.3 Å². The van der Waals surface area contributed by atoms with Crippen molar-refractivity contribution in [3.63, 3.8) is 0 Å². The zero-order valence-corrected chi connectivity index (χ0v) is 10.0. The van der Waals surface area contributed by atoms with Crippen molar-refractivity contribution >= 4 is 11.7 Å². The number of carboxylic acid groups (broad SMARTS) is 1. The van der Waals surface area contributed by atoms with Gasteiger partial charge in [0.25, 0.3) is 0 Å². The van der Waals surface area contributed by atoms with E-state index >= 15 is 0 Å². The van der Waals surface area contributed by atoms with Gasteiger partial charge in [-0.15, -0.1) is 0 Å². The van der Waals surface area contributed by atoms with Crippen molar-refractivity contribution in [2.45, 2.75) is 20.8 Å². The maximum absolute atomic E-state index is 10.5. The van der Waals surface area contributed by atoms with E-state index in [-0.39, 0.29) is 6.54 Å². The van der Waals surface area contributed by atoms with Gasteiger partial charge < -0.3 is 15.2 Å². The summed E-state index contributed by atoms with van der Waals surface area (Å²) in [5, 5.41) is 11.5. The fourth-order valence-corrected chi connectivity index (χ4v) is 1.69. The molecule has 1 rings (SSSR count). The Kier molecular flexibility index (Phi) is 3.77. The van der Waals surface area contributed by atoms with Crippen LogP contribution in [0, 0.1) is 20.8 Å². The van der Waals surface area contributed by atoms with Crippen LogP contribution in [-0.4, -0.2) is 24.7 Å². The average Bonchev–Trinajstić information content (AvgIpc) is 2.21. The number of aryl methyl sites for hydroxylation is 2. The molecule has 16 heavy (non-hydrogen) atoms. The van der Waals surface area contributed by atoms with Crippen molar-refractivity contribution in [2.24, 2.45) is 0 Å². The lowest BCUT2D eigenvalue weighted by Gasteiger charge is -2.17. The standard InChI is InChI=1S/C12H17NO3/c1-7-5-8(2)11(13-6-10(14)15)12(16-4)9(7)3/h5,13H,6H2,1-4H3,(H,14,15). The molecular formula is C12H17NO3. The minimum absolute atomic E-state index is 0.111. The second-order valence-corrected chi connectivity index (χ2v) is 3.79. The average molecular weight is 223 g/mol. The molecule has 0 aliphatic heterocycles. The predicted octanol–water partition coefficient (Wildman–Crippen LogP) is 2.12. The largest absolute Gasteiger partial charge is 0.494 e. The molecule has 0 aliphatic carbocycles. The van der Waals surface area contributed by atoms with E-state index in [1.807, 2.05) is 26.8 Å². The van der Waals surface area contributed by atoms with Gasteiger partial charge >= 0.3 is 5.97 Å². The smallest absolute Gasteiger partial charge is 0.322 e. The number of hydrogen-bond donors (Lipinski definition) is 2. The summed E-state index contributed by atoms with van der Waals surface area (Å²) in [6, 6.07) is 2.02. The van der Waals surface area contributed by atoms with Crippen LogP contribution < -0.4 is 10.1 Å². The van der Waals surface area contributed by atoms with E-state index in [0.717, 1.165) is 28.1 Å². The van der Waals surface area contributed by atoms with E-state index in [1.165, 1.54) is 0 Å². The van der Waals surface area contributed by atoms with Crippen molar-refractivity contribution in [1.29, 1.82) is 0 Å². The Morgan fingerprint density at radius 2 is 2.00 bits per heavy atom. The molecule has 4 nitrogen and oxygen atoms in total. The van der Waals surface area contributed by atoms with E-state index in [0.29, 0.717) is 0 Å². The second kappa shape index (κ2) is 4.88. The molecule has 0 saturated carbocycles. The Balaban J connectivity index is 3.15. The molecule has 1 aromatic carbocycles. The summed E-state index contributed by atoms with van der Waals surface area (Å²) in [5.74, 6) is -0.168. The van der Waals surface area contributed by atoms with Gasteiger partial charge in [-0.3, -0.25) is 4.79 Å². The minimum Gasteiger partial charge on any atom is -0.494 e. The van der Waals surface area contributed by atoms with Gasteiger partial charge in [-0.25, -0.2) is 0 Å². The van der Waals surface area contributed by atoms with E-state index in [9.17, 15) is 4.79 Å². The van der Waals surface area contributed by atoms with Crippen molar-refractivity contribution in [2.75, 3.05) is 19.0 Å². The topological polar surface area (TPSA) is 58.6 Å². The summed E-state index contributed by atoms with van der Waals surface area (Å²) in [4.78, 5) is 10.5. The molecule has 0 spiro atoms. The molecule has 0 aromatic heterocycles. The maximum Gasteiger partial charge on any atom is 0.322 e. The monoisotopic (exact) mass is 223 g/mol. The molecule has 1 aromatic rings. The maximum atomic E-state index is 10.5. The number of aliphatic carboxylic acids is 1. The molecular weight excluding hydrogens is 206 g/mol. The number of anilines is 1. The van der Waals surface area contributed by atoms with Crippen LogP contribution in [0.4, 0.5) is 5.69 Å². The molecule has 0 heterocycles. The van der Waals surface area contributed by atoms with E-state index in [1.54, 1.807) is 7.11 Å². The lowest BCUT2D eigenvalue weighted by molar-refractivity contribution is -0.134. The molecule has 0 unspecified atom stereocenters. The van der Waals surface area contributed by atoms with Crippen LogP contribution >= 0.6 is 0 Å². The normalized spacial score (nSPS) is 10.0. The van der Waals surface area contributed by atoms with Crippen LogP contribution in [-0.2, 0) is 4.79 Å². The first-order valence-corrected chi connectivity index (χ1v) is 5.07. The Morgan fingerprint density at radius 3 is 2.50 bits per heavy atom. The molecule has 88 valence electrons. The Morgan fingerprint density at radius 1 is 1.38 bits per heavy atom. The van der Waals surface area contributed by atoms with Gasteiger partial charge in [0, 0.05) is 0 Å². The van der Waals surface area contributed by atoms with Crippen molar-refractivity contribution in [1.82, 2.24) is 0 Å². The fraction of sp³-hybridized carbons (Fsp3) is 0.417. The molecule has 0 atom stereocenters. The zero-order chi connectivity index (χ0) is 12.3. The molecule has 0 bridgehead atoms. The number of benzene rings is 1. The second-order valence-electron chi connectivity index (χ2n) is 3.79. The number of ether oxygens (including phenoxy) is 1. The summed E-state index contributed by atoms with van der Waals surface area (Å²) in [6.45, 7) is 5.78. The number of rotatable bonds is 4. The molecule has 2 N–H and O–H groups in total. The van der Waals surface area contributed by atoms with Crippen LogP contribution in [0.5, 0.6) is 5.75 Å². The number of carbonyl (C=O) groups is 1.